The Morgan fingerprint density at radius 3 is 2.47 bits per heavy atom. The highest BCUT2D eigenvalue weighted by atomic mass is 32.2. The molecule has 10 nitrogen and oxygen atoms in total. The Bertz CT molecular complexity index is 1890. The smallest absolute Gasteiger partial charge is 0.306 e. The second kappa shape index (κ2) is 12.9. The number of benzene rings is 1. The molecule has 1 aliphatic rings. The lowest BCUT2D eigenvalue weighted by Gasteiger charge is -2.29. The van der Waals surface area contributed by atoms with Crippen molar-refractivity contribution in [3.8, 4) is 17.3 Å². The van der Waals surface area contributed by atoms with Crippen LogP contribution in [-0.4, -0.2) is 46.0 Å². The van der Waals surface area contributed by atoms with Gasteiger partial charge in [0.05, 0.1) is 39.3 Å². The van der Waals surface area contributed by atoms with Crippen molar-refractivity contribution < 1.29 is 17.9 Å². The first-order valence-corrected chi connectivity index (χ1v) is 16.8. The molecule has 1 aliphatic carbocycles. The van der Waals surface area contributed by atoms with Crippen LogP contribution in [0, 0.1) is 31.1 Å². The molecule has 1 saturated carbocycles. The first-order chi connectivity index (χ1) is 21.3. The lowest BCUT2D eigenvalue weighted by molar-refractivity contribution is -0.156. The number of pyridine rings is 2. The predicted octanol–water partition coefficient (Wildman–Crippen LogP) is 6.25. The maximum atomic E-state index is 13.0. The number of esters is 1. The minimum Gasteiger partial charge on any atom is -0.460 e. The van der Waals surface area contributed by atoms with E-state index >= 15 is 0 Å². The molecule has 11 heteroatoms. The summed E-state index contributed by atoms with van der Waals surface area (Å²) in [6, 6.07) is 13.8. The van der Waals surface area contributed by atoms with Crippen LogP contribution in [-0.2, 0) is 25.1 Å². The molecule has 5 rings (SSSR count). The van der Waals surface area contributed by atoms with Gasteiger partial charge in [0, 0.05) is 23.7 Å². The number of aromatic nitrogens is 4. The van der Waals surface area contributed by atoms with Crippen LogP contribution in [0.2, 0.25) is 0 Å². The molecule has 4 aromatic rings. The molecular weight excluding hydrogens is 588 g/mol. The van der Waals surface area contributed by atoms with E-state index in [9.17, 15) is 18.5 Å². The van der Waals surface area contributed by atoms with Gasteiger partial charge in [-0.15, -0.1) is 0 Å². The van der Waals surface area contributed by atoms with Crippen LogP contribution in [0.15, 0.2) is 53.6 Å². The highest BCUT2D eigenvalue weighted by Gasteiger charge is 2.26. The van der Waals surface area contributed by atoms with Crippen molar-refractivity contribution in [2.45, 2.75) is 89.0 Å². The van der Waals surface area contributed by atoms with Crippen molar-refractivity contribution in [2.24, 2.45) is 5.92 Å². The Balaban J connectivity index is 1.26. The Labute approximate surface area is 264 Å². The maximum absolute atomic E-state index is 13.0. The van der Waals surface area contributed by atoms with Gasteiger partial charge in [0.1, 0.15) is 17.2 Å². The highest BCUT2D eigenvalue weighted by Crippen LogP contribution is 2.31. The predicted molar refractivity (Wildman–Crippen MR) is 172 cm³/mol. The van der Waals surface area contributed by atoms with Crippen molar-refractivity contribution >= 4 is 32.8 Å². The van der Waals surface area contributed by atoms with E-state index in [0.717, 1.165) is 42.3 Å². The molecule has 3 heterocycles. The van der Waals surface area contributed by atoms with Gasteiger partial charge in [0.15, 0.2) is 9.84 Å². The number of nitrogens with zero attached hydrogens (tertiary/aromatic N) is 5. The molecule has 0 amide bonds. The monoisotopic (exact) mass is 626 g/mol. The molecule has 0 spiro atoms. The van der Waals surface area contributed by atoms with Gasteiger partial charge in [-0.05, 0) is 102 Å². The van der Waals surface area contributed by atoms with E-state index in [2.05, 4.69) is 15.3 Å². The van der Waals surface area contributed by atoms with E-state index < -0.39 is 15.4 Å². The Morgan fingerprint density at radius 1 is 1.04 bits per heavy atom. The summed E-state index contributed by atoms with van der Waals surface area (Å²) >= 11 is 0. The molecule has 3 aromatic heterocycles. The van der Waals surface area contributed by atoms with E-state index in [4.69, 9.17) is 14.7 Å². The van der Waals surface area contributed by atoms with Crippen molar-refractivity contribution in [1.29, 1.82) is 5.26 Å². The average molecular weight is 627 g/mol. The number of nitriles is 1. The molecule has 0 unspecified atom stereocenters. The fourth-order valence-electron chi connectivity index (χ4n) is 5.77. The molecule has 0 bridgehead atoms. The van der Waals surface area contributed by atoms with Gasteiger partial charge in [0.25, 0.3) is 0 Å². The van der Waals surface area contributed by atoms with Crippen LogP contribution in [0.25, 0.3) is 22.3 Å². The molecule has 0 radical (unpaired) electrons. The molecule has 1 N–H and O–H groups in total. The molecule has 45 heavy (non-hydrogen) atoms. The zero-order chi connectivity index (χ0) is 32.4. The van der Waals surface area contributed by atoms with Gasteiger partial charge < -0.3 is 10.1 Å². The summed E-state index contributed by atoms with van der Waals surface area (Å²) in [7, 11) is -3.76. The number of ether oxygens (including phenoxy) is 1. The van der Waals surface area contributed by atoms with Gasteiger partial charge in [-0.3, -0.25) is 9.78 Å². The fourth-order valence-corrected chi connectivity index (χ4v) is 7.21. The third-order valence-corrected chi connectivity index (χ3v) is 9.59. The minimum absolute atomic E-state index is 0.00240. The lowest BCUT2D eigenvalue weighted by Crippen LogP contribution is -2.30. The van der Waals surface area contributed by atoms with Crippen LogP contribution in [0.1, 0.15) is 75.4 Å². The number of nitrogens with one attached hydrogen (secondary N) is 1. The number of carbonyl (C=O) groups excluding carboxylic acids is 1. The van der Waals surface area contributed by atoms with Crippen molar-refractivity contribution in [2.75, 3.05) is 5.32 Å². The summed E-state index contributed by atoms with van der Waals surface area (Å²) in [4.78, 5) is 30.9. The third-order valence-electron chi connectivity index (χ3n) is 7.89. The molecule has 1 fully saturated rings. The van der Waals surface area contributed by atoms with Crippen LogP contribution < -0.4 is 5.32 Å². The normalized spacial score (nSPS) is 17.1. The number of carbonyl (C=O) groups is 1. The van der Waals surface area contributed by atoms with E-state index in [1.54, 1.807) is 24.4 Å². The van der Waals surface area contributed by atoms with Gasteiger partial charge in [-0.25, -0.2) is 23.4 Å². The molecule has 0 atom stereocenters. The SMILES string of the molecule is Cc1nc(CS(=O)(=O)c2ccccc2C#N)ccc1-c1cc(C)c2nc(NC3CCC(CC(=O)OC(C)(C)C)CC3)ncc2n1. The third kappa shape index (κ3) is 7.81. The number of hydrogen-bond donors (Lipinski definition) is 1. The van der Waals surface area contributed by atoms with Crippen molar-refractivity contribution in [3.05, 3.63) is 71.2 Å². The Hall–Kier alpha value is -4.43. The molecular formula is C34H38N6O4S. The largest absolute Gasteiger partial charge is 0.460 e. The first kappa shape index (κ1) is 32.0. The van der Waals surface area contributed by atoms with E-state index in [1.165, 1.54) is 12.1 Å². The van der Waals surface area contributed by atoms with E-state index in [0.29, 0.717) is 40.9 Å². The minimum atomic E-state index is -3.76. The summed E-state index contributed by atoms with van der Waals surface area (Å²) in [5, 5.41) is 12.8. The van der Waals surface area contributed by atoms with Crippen LogP contribution >= 0.6 is 0 Å². The number of rotatable bonds is 8. The Morgan fingerprint density at radius 2 is 1.78 bits per heavy atom. The number of sulfone groups is 1. The van der Waals surface area contributed by atoms with Crippen LogP contribution in [0.3, 0.4) is 0 Å². The van der Waals surface area contributed by atoms with Gasteiger partial charge >= 0.3 is 5.97 Å². The standard InChI is InChI=1S/C34H38N6O4S/c1-21-16-28(27-15-14-26(37-22(27)2)20-45(42,43)30-9-7-6-8-24(30)18-35)39-29-19-36-33(40-32(21)29)38-25-12-10-23(11-13-25)17-31(41)44-34(3,4)5/h6-9,14-16,19,23,25H,10-13,17,20H2,1-5H3,(H,36,38,40). The summed E-state index contributed by atoms with van der Waals surface area (Å²) in [5.74, 6) is 0.438. The molecule has 1 aromatic carbocycles. The van der Waals surface area contributed by atoms with Crippen LogP contribution in [0.5, 0.6) is 0 Å². The van der Waals surface area contributed by atoms with Gasteiger partial charge in [-0.1, -0.05) is 12.1 Å². The topological polar surface area (TPSA) is 148 Å². The summed E-state index contributed by atoms with van der Waals surface area (Å²) in [5.41, 5.74) is 4.49. The number of fused-ring (bicyclic) bond motifs is 1. The zero-order valence-corrected chi connectivity index (χ0v) is 27.1. The summed E-state index contributed by atoms with van der Waals surface area (Å²) < 4.78 is 31.6. The molecule has 0 saturated heterocycles. The fraction of sp³-hybridized carbons (Fsp3) is 0.412. The second-order valence-electron chi connectivity index (χ2n) is 12.7. The van der Waals surface area contributed by atoms with Gasteiger partial charge in [-0.2, -0.15) is 5.26 Å². The highest BCUT2D eigenvalue weighted by molar-refractivity contribution is 7.90. The maximum Gasteiger partial charge on any atom is 0.306 e. The zero-order valence-electron chi connectivity index (χ0n) is 26.3. The summed E-state index contributed by atoms with van der Waals surface area (Å²) in [6.45, 7) is 9.47. The number of aryl methyl sites for hydroxylation is 2. The summed E-state index contributed by atoms with van der Waals surface area (Å²) in [6.07, 6.45) is 5.92. The second-order valence-corrected chi connectivity index (χ2v) is 14.7. The van der Waals surface area contributed by atoms with Crippen molar-refractivity contribution in [3.63, 3.8) is 0 Å². The number of anilines is 1. The number of hydrogen-bond acceptors (Lipinski definition) is 10. The Kier molecular flexibility index (Phi) is 9.16. The van der Waals surface area contributed by atoms with Crippen LogP contribution in [0.4, 0.5) is 5.95 Å². The van der Waals surface area contributed by atoms with E-state index in [1.807, 2.05) is 52.8 Å². The average Bonchev–Trinajstić information content (AvgIpc) is 2.97. The first-order valence-electron chi connectivity index (χ1n) is 15.1. The lowest BCUT2D eigenvalue weighted by atomic mass is 9.84. The quantitative estimate of drug-likeness (QED) is 0.222. The molecule has 234 valence electrons. The molecule has 0 aliphatic heterocycles. The van der Waals surface area contributed by atoms with Crippen molar-refractivity contribution in [1.82, 2.24) is 19.9 Å². The van der Waals surface area contributed by atoms with Gasteiger partial charge in [0.2, 0.25) is 5.95 Å². The van der Waals surface area contributed by atoms with E-state index in [-0.39, 0.29) is 28.2 Å².